The van der Waals surface area contributed by atoms with Crippen LogP contribution in [0.25, 0.3) is 0 Å². The van der Waals surface area contributed by atoms with E-state index in [-0.39, 0.29) is 5.56 Å². The molecule has 0 aliphatic carbocycles. The van der Waals surface area contributed by atoms with Crippen molar-refractivity contribution in [2.45, 2.75) is 0 Å². The number of carbonyl (C=O) groups excluding carboxylic acids is 1. The van der Waals surface area contributed by atoms with Crippen molar-refractivity contribution < 1.29 is 18.0 Å². The lowest BCUT2D eigenvalue weighted by molar-refractivity contribution is 0.103. The summed E-state index contributed by atoms with van der Waals surface area (Å²) in [6.07, 6.45) is 0. The normalized spacial score (nSPS) is 10.3. The third-order valence-corrected chi connectivity index (χ3v) is 2.30. The number of benzene rings is 2. The van der Waals surface area contributed by atoms with Gasteiger partial charge in [-0.2, -0.15) is 0 Å². The van der Waals surface area contributed by atoms with E-state index in [1.165, 1.54) is 18.2 Å². The van der Waals surface area contributed by atoms with Crippen LogP contribution in [0.3, 0.4) is 0 Å². The van der Waals surface area contributed by atoms with Crippen molar-refractivity contribution in [2.24, 2.45) is 0 Å². The molecule has 17 heavy (non-hydrogen) atoms. The molecule has 0 amide bonds. The van der Waals surface area contributed by atoms with Gasteiger partial charge in [-0.15, -0.1) is 0 Å². The molecule has 0 N–H and O–H groups in total. The standard InChI is InChI=1S/C13H7F3O/c14-9-6-4-8(5-7-9)13(17)12-10(15)2-1-3-11(12)16/h1-7H. The molecule has 4 heteroatoms. The molecule has 0 bridgehead atoms. The molecule has 86 valence electrons. The molecular weight excluding hydrogens is 229 g/mol. The Kier molecular flexibility index (Phi) is 2.95. The van der Waals surface area contributed by atoms with Crippen molar-refractivity contribution >= 4 is 5.78 Å². The minimum Gasteiger partial charge on any atom is -0.288 e. The van der Waals surface area contributed by atoms with Crippen LogP contribution in [0.15, 0.2) is 42.5 Å². The number of rotatable bonds is 2. The fraction of sp³-hybridized carbons (Fsp3) is 0. The van der Waals surface area contributed by atoms with Crippen LogP contribution in [0.5, 0.6) is 0 Å². The van der Waals surface area contributed by atoms with Crippen molar-refractivity contribution in [3.63, 3.8) is 0 Å². The Bertz CT molecular complexity index is 541. The van der Waals surface area contributed by atoms with E-state index in [1.54, 1.807) is 0 Å². The van der Waals surface area contributed by atoms with Crippen LogP contribution in [0, 0.1) is 17.5 Å². The zero-order valence-corrected chi connectivity index (χ0v) is 8.58. The predicted molar refractivity (Wildman–Crippen MR) is 56.2 cm³/mol. The van der Waals surface area contributed by atoms with Crippen LogP contribution >= 0.6 is 0 Å². The van der Waals surface area contributed by atoms with Crippen LogP contribution in [0.4, 0.5) is 13.2 Å². The zero-order valence-electron chi connectivity index (χ0n) is 8.58. The van der Waals surface area contributed by atoms with Gasteiger partial charge in [0.2, 0.25) is 0 Å². The molecule has 0 saturated carbocycles. The Morgan fingerprint density at radius 2 is 1.35 bits per heavy atom. The molecule has 0 aliphatic rings. The number of ketones is 1. The fourth-order valence-electron chi connectivity index (χ4n) is 1.46. The maximum Gasteiger partial charge on any atom is 0.198 e. The minimum atomic E-state index is -0.931. The minimum absolute atomic E-state index is 0.0374. The lowest BCUT2D eigenvalue weighted by Gasteiger charge is -2.03. The molecule has 0 aliphatic heterocycles. The molecule has 0 heterocycles. The highest BCUT2D eigenvalue weighted by molar-refractivity contribution is 6.09. The topological polar surface area (TPSA) is 17.1 Å². The first-order valence-corrected chi connectivity index (χ1v) is 4.84. The second-order valence-electron chi connectivity index (χ2n) is 3.43. The van der Waals surface area contributed by atoms with Gasteiger partial charge >= 0.3 is 0 Å². The molecule has 0 spiro atoms. The molecule has 0 saturated heterocycles. The summed E-state index contributed by atoms with van der Waals surface area (Å²) in [7, 11) is 0. The van der Waals surface area contributed by atoms with E-state index in [2.05, 4.69) is 0 Å². The Morgan fingerprint density at radius 3 is 1.88 bits per heavy atom. The molecular formula is C13H7F3O. The van der Waals surface area contributed by atoms with E-state index >= 15 is 0 Å². The second kappa shape index (κ2) is 4.41. The molecule has 0 radical (unpaired) electrons. The smallest absolute Gasteiger partial charge is 0.198 e. The van der Waals surface area contributed by atoms with Gasteiger partial charge in [-0.3, -0.25) is 4.79 Å². The molecule has 0 aromatic heterocycles. The average Bonchev–Trinajstić information content (AvgIpc) is 2.29. The maximum absolute atomic E-state index is 13.3. The highest BCUT2D eigenvalue weighted by Crippen LogP contribution is 2.17. The van der Waals surface area contributed by atoms with Crippen LogP contribution in [0.1, 0.15) is 15.9 Å². The van der Waals surface area contributed by atoms with Crippen molar-refractivity contribution in [1.82, 2.24) is 0 Å². The van der Waals surface area contributed by atoms with Gasteiger partial charge in [-0.05, 0) is 36.4 Å². The van der Waals surface area contributed by atoms with Crippen molar-refractivity contribution in [3.05, 3.63) is 71.0 Å². The van der Waals surface area contributed by atoms with E-state index < -0.39 is 28.8 Å². The summed E-state index contributed by atoms with van der Waals surface area (Å²) in [5, 5.41) is 0. The number of hydrogen-bond acceptors (Lipinski definition) is 1. The van der Waals surface area contributed by atoms with E-state index in [4.69, 9.17) is 0 Å². The first-order valence-electron chi connectivity index (χ1n) is 4.84. The third kappa shape index (κ3) is 2.20. The van der Waals surface area contributed by atoms with E-state index in [0.29, 0.717) is 0 Å². The van der Waals surface area contributed by atoms with Crippen LogP contribution in [-0.4, -0.2) is 5.78 Å². The summed E-state index contributed by atoms with van der Waals surface area (Å²) in [6, 6.07) is 7.66. The van der Waals surface area contributed by atoms with Crippen LogP contribution in [0.2, 0.25) is 0 Å². The SMILES string of the molecule is O=C(c1ccc(F)cc1)c1c(F)cccc1F. The molecule has 2 rings (SSSR count). The molecule has 2 aromatic rings. The quantitative estimate of drug-likeness (QED) is 0.731. The largest absolute Gasteiger partial charge is 0.288 e. The summed E-state index contributed by atoms with van der Waals surface area (Å²) in [5.41, 5.74) is -0.588. The maximum atomic E-state index is 13.3. The van der Waals surface area contributed by atoms with Crippen LogP contribution in [-0.2, 0) is 0 Å². The van der Waals surface area contributed by atoms with Crippen molar-refractivity contribution in [2.75, 3.05) is 0 Å². The molecule has 2 aromatic carbocycles. The van der Waals surface area contributed by atoms with Gasteiger partial charge in [0.05, 0.1) is 5.56 Å². The fourth-order valence-corrected chi connectivity index (χ4v) is 1.46. The van der Waals surface area contributed by atoms with Crippen LogP contribution < -0.4 is 0 Å². The van der Waals surface area contributed by atoms with Gasteiger partial charge in [0.15, 0.2) is 5.78 Å². The zero-order chi connectivity index (χ0) is 12.4. The average molecular weight is 236 g/mol. The Hall–Kier alpha value is -2.10. The van der Waals surface area contributed by atoms with Gasteiger partial charge in [-0.25, -0.2) is 13.2 Å². The first kappa shape index (κ1) is 11.4. The number of carbonyl (C=O) groups is 1. The van der Waals surface area contributed by atoms with Crippen molar-refractivity contribution in [1.29, 1.82) is 0 Å². The van der Waals surface area contributed by atoms with Gasteiger partial charge < -0.3 is 0 Å². The van der Waals surface area contributed by atoms with Gasteiger partial charge in [-0.1, -0.05) is 6.07 Å². The van der Waals surface area contributed by atoms with E-state index in [9.17, 15) is 18.0 Å². The van der Waals surface area contributed by atoms with Gasteiger partial charge in [0.25, 0.3) is 0 Å². The Labute approximate surface area is 95.5 Å². The Balaban J connectivity index is 2.47. The van der Waals surface area contributed by atoms with Gasteiger partial charge in [0, 0.05) is 5.56 Å². The lowest BCUT2D eigenvalue weighted by atomic mass is 10.0. The summed E-state index contributed by atoms with van der Waals surface area (Å²) in [4.78, 5) is 11.8. The molecule has 0 fully saturated rings. The van der Waals surface area contributed by atoms with E-state index in [1.807, 2.05) is 0 Å². The first-order chi connectivity index (χ1) is 8.09. The Morgan fingerprint density at radius 1 is 0.824 bits per heavy atom. The molecule has 0 atom stereocenters. The highest BCUT2D eigenvalue weighted by atomic mass is 19.1. The summed E-state index contributed by atoms with van der Waals surface area (Å²) >= 11 is 0. The molecule has 1 nitrogen and oxygen atoms in total. The number of hydrogen-bond donors (Lipinski definition) is 0. The lowest BCUT2D eigenvalue weighted by Crippen LogP contribution is -2.07. The monoisotopic (exact) mass is 236 g/mol. The predicted octanol–water partition coefficient (Wildman–Crippen LogP) is 3.33. The van der Waals surface area contributed by atoms with Crippen molar-refractivity contribution in [3.8, 4) is 0 Å². The summed E-state index contributed by atoms with van der Waals surface area (Å²) in [5.74, 6) is -3.19. The number of halogens is 3. The van der Waals surface area contributed by atoms with E-state index in [0.717, 1.165) is 24.3 Å². The molecule has 0 unspecified atom stereocenters. The summed E-state index contributed by atoms with van der Waals surface area (Å²) < 4.78 is 39.3. The second-order valence-corrected chi connectivity index (χ2v) is 3.43. The highest BCUT2D eigenvalue weighted by Gasteiger charge is 2.18. The van der Waals surface area contributed by atoms with Gasteiger partial charge in [0.1, 0.15) is 17.5 Å². The summed E-state index contributed by atoms with van der Waals surface area (Å²) in [6.45, 7) is 0. The third-order valence-electron chi connectivity index (χ3n) is 2.30.